The van der Waals surface area contributed by atoms with Crippen molar-refractivity contribution in [1.82, 2.24) is 15.1 Å². The summed E-state index contributed by atoms with van der Waals surface area (Å²) in [6.07, 6.45) is 7.32. The van der Waals surface area contributed by atoms with E-state index in [9.17, 15) is 0 Å². The number of nitrogens with zero attached hydrogens (tertiary/aromatic N) is 2. The van der Waals surface area contributed by atoms with Crippen molar-refractivity contribution in [3.05, 3.63) is 18.0 Å². The zero-order chi connectivity index (χ0) is 13.1. The summed E-state index contributed by atoms with van der Waals surface area (Å²) in [7, 11) is 1.96. The minimum Gasteiger partial charge on any atom is -0.348 e. The van der Waals surface area contributed by atoms with Crippen LogP contribution >= 0.6 is 0 Å². The molecule has 2 heterocycles. The number of rotatable bonds is 4. The van der Waals surface area contributed by atoms with Gasteiger partial charge >= 0.3 is 0 Å². The molecular formula is C14H23N3O2. The molecule has 1 aliphatic carbocycles. The molecule has 1 aliphatic heterocycles. The molecule has 1 spiro atoms. The Morgan fingerprint density at radius 2 is 2.11 bits per heavy atom. The van der Waals surface area contributed by atoms with Gasteiger partial charge in [-0.3, -0.25) is 4.68 Å². The first-order valence-corrected chi connectivity index (χ1v) is 7.26. The second kappa shape index (κ2) is 5.61. The van der Waals surface area contributed by atoms with Gasteiger partial charge in [-0.2, -0.15) is 5.10 Å². The second-order valence-corrected chi connectivity index (χ2v) is 5.57. The maximum Gasteiger partial charge on any atom is 0.168 e. The zero-order valence-corrected chi connectivity index (χ0v) is 11.6. The van der Waals surface area contributed by atoms with Crippen molar-refractivity contribution in [3.63, 3.8) is 0 Å². The van der Waals surface area contributed by atoms with Gasteiger partial charge in [0.1, 0.15) is 0 Å². The van der Waals surface area contributed by atoms with Crippen LogP contribution in [0, 0.1) is 0 Å². The highest BCUT2D eigenvalue weighted by atomic mass is 16.7. The number of hydrogen-bond acceptors (Lipinski definition) is 4. The second-order valence-electron chi connectivity index (χ2n) is 5.57. The fourth-order valence-electron chi connectivity index (χ4n) is 3.05. The minimum atomic E-state index is -0.237. The van der Waals surface area contributed by atoms with E-state index < -0.39 is 0 Å². The largest absolute Gasteiger partial charge is 0.348 e. The van der Waals surface area contributed by atoms with Gasteiger partial charge in [0, 0.05) is 45.1 Å². The smallest absolute Gasteiger partial charge is 0.168 e. The Bertz CT molecular complexity index is 403. The Morgan fingerprint density at radius 1 is 1.37 bits per heavy atom. The van der Waals surface area contributed by atoms with Gasteiger partial charge in [0.15, 0.2) is 5.79 Å². The average molecular weight is 265 g/mol. The molecule has 5 nitrogen and oxygen atoms in total. The molecule has 0 aromatic carbocycles. The predicted octanol–water partition coefficient (Wildman–Crippen LogP) is 1.24. The summed E-state index contributed by atoms with van der Waals surface area (Å²) in [5.74, 6) is -0.237. The molecule has 1 aromatic rings. The van der Waals surface area contributed by atoms with Crippen LogP contribution in [0.4, 0.5) is 0 Å². The van der Waals surface area contributed by atoms with E-state index in [4.69, 9.17) is 9.47 Å². The van der Waals surface area contributed by atoms with Gasteiger partial charge in [0.05, 0.1) is 18.9 Å². The van der Waals surface area contributed by atoms with Crippen LogP contribution in [0.25, 0.3) is 0 Å². The fourth-order valence-corrected chi connectivity index (χ4v) is 3.05. The molecule has 1 aromatic heterocycles. The van der Waals surface area contributed by atoms with Gasteiger partial charge in [-0.05, 0) is 18.9 Å². The van der Waals surface area contributed by atoms with E-state index in [2.05, 4.69) is 16.5 Å². The van der Waals surface area contributed by atoms with Crippen LogP contribution in [-0.2, 0) is 22.9 Å². The number of ether oxygens (including phenoxy) is 2. The van der Waals surface area contributed by atoms with Crippen molar-refractivity contribution in [2.24, 2.45) is 7.05 Å². The third-order valence-electron chi connectivity index (χ3n) is 4.14. The molecule has 1 saturated carbocycles. The highest BCUT2D eigenvalue weighted by molar-refractivity contribution is 4.99. The van der Waals surface area contributed by atoms with Crippen molar-refractivity contribution in [2.45, 2.75) is 43.9 Å². The normalized spacial score (nSPS) is 23.2. The summed E-state index contributed by atoms with van der Waals surface area (Å²) in [5.41, 5.74) is 1.16. The molecule has 0 amide bonds. The molecule has 106 valence electrons. The SMILES string of the molecule is Cn1ccc(CCNC2CCC3(CC2)OCCO3)n1. The van der Waals surface area contributed by atoms with Crippen LogP contribution in [0.3, 0.4) is 0 Å². The summed E-state index contributed by atoms with van der Waals surface area (Å²) in [4.78, 5) is 0. The zero-order valence-electron chi connectivity index (χ0n) is 11.6. The lowest BCUT2D eigenvalue weighted by Gasteiger charge is -2.35. The van der Waals surface area contributed by atoms with Gasteiger partial charge < -0.3 is 14.8 Å². The molecule has 3 rings (SSSR count). The number of aryl methyl sites for hydroxylation is 1. The molecule has 1 saturated heterocycles. The van der Waals surface area contributed by atoms with E-state index >= 15 is 0 Å². The Hall–Kier alpha value is -0.910. The van der Waals surface area contributed by atoms with Gasteiger partial charge in [-0.15, -0.1) is 0 Å². The first-order valence-electron chi connectivity index (χ1n) is 7.26. The molecule has 0 atom stereocenters. The standard InChI is InChI=1S/C14H23N3O2/c1-17-9-5-13(16-17)4-8-15-12-2-6-14(7-3-12)18-10-11-19-14/h5,9,12,15H,2-4,6-8,10-11H2,1H3. The summed E-state index contributed by atoms with van der Waals surface area (Å²) in [5, 5.41) is 8.01. The number of hydrogen-bond donors (Lipinski definition) is 1. The fraction of sp³-hybridized carbons (Fsp3) is 0.786. The summed E-state index contributed by atoms with van der Waals surface area (Å²) >= 11 is 0. The van der Waals surface area contributed by atoms with E-state index in [1.54, 1.807) is 0 Å². The third-order valence-corrected chi connectivity index (χ3v) is 4.14. The summed E-state index contributed by atoms with van der Waals surface area (Å²) in [6.45, 7) is 2.52. The summed E-state index contributed by atoms with van der Waals surface area (Å²) in [6, 6.07) is 2.68. The molecule has 2 fully saturated rings. The van der Waals surface area contributed by atoms with Crippen LogP contribution in [-0.4, -0.2) is 41.4 Å². The molecule has 0 unspecified atom stereocenters. The van der Waals surface area contributed by atoms with E-state index in [1.807, 2.05) is 17.9 Å². The number of nitrogens with one attached hydrogen (secondary N) is 1. The predicted molar refractivity (Wildman–Crippen MR) is 71.8 cm³/mol. The maximum atomic E-state index is 5.74. The molecule has 1 N–H and O–H groups in total. The highest BCUT2D eigenvalue weighted by Gasteiger charge is 2.39. The lowest BCUT2D eigenvalue weighted by Crippen LogP contribution is -2.42. The van der Waals surface area contributed by atoms with Crippen LogP contribution in [0.2, 0.25) is 0 Å². The molecule has 0 bridgehead atoms. The monoisotopic (exact) mass is 265 g/mol. The molecule has 19 heavy (non-hydrogen) atoms. The van der Waals surface area contributed by atoms with Crippen LogP contribution in [0.1, 0.15) is 31.4 Å². The van der Waals surface area contributed by atoms with Crippen LogP contribution in [0.5, 0.6) is 0 Å². The molecular weight excluding hydrogens is 242 g/mol. The molecule has 5 heteroatoms. The highest BCUT2D eigenvalue weighted by Crippen LogP contribution is 2.35. The Morgan fingerprint density at radius 3 is 2.74 bits per heavy atom. The Balaban J connectivity index is 1.38. The topological polar surface area (TPSA) is 48.3 Å². The molecule has 2 aliphatic rings. The van der Waals surface area contributed by atoms with E-state index in [0.717, 1.165) is 57.6 Å². The van der Waals surface area contributed by atoms with Crippen molar-refractivity contribution < 1.29 is 9.47 Å². The van der Waals surface area contributed by atoms with Gasteiger partial charge in [-0.1, -0.05) is 0 Å². The lowest BCUT2D eigenvalue weighted by atomic mass is 9.90. The van der Waals surface area contributed by atoms with E-state index in [0.29, 0.717) is 6.04 Å². The quantitative estimate of drug-likeness (QED) is 0.890. The van der Waals surface area contributed by atoms with E-state index in [-0.39, 0.29) is 5.79 Å². The minimum absolute atomic E-state index is 0.237. The Kier molecular flexibility index (Phi) is 3.86. The van der Waals surface area contributed by atoms with Crippen molar-refractivity contribution in [2.75, 3.05) is 19.8 Å². The van der Waals surface area contributed by atoms with E-state index in [1.165, 1.54) is 0 Å². The Labute approximate surface area is 114 Å². The summed E-state index contributed by atoms with van der Waals surface area (Å²) < 4.78 is 13.3. The first-order chi connectivity index (χ1) is 9.26. The third kappa shape index (κ3) is 3.16. The van der Waals surface area contributed by atoms with Crippen LogP contribution in [0.15, 0.2) is 12.3 Å². The number of aromatic nitrogens is 2. The molecule has 0 radical (unpaired) electrons. The van der Waals surface area contributed by atoms with Crippen molar-refractivity contribution in [3.8, 4) is 0 Å². The lowest BCUT2D eigenvalue weighted by molar-refractivity contribution is -0.179. The van der Waals surface area contributed by atoms with Crippen LogP contribution < -0.4 is 5.32 Å². The first kappa shape index (κ1) is 13.1. The van der Waals surface area contributed by atoms with Gasteiger partial charge in [0.2, 0.25) is 0 Å². The van der Waals surface area contributed by atoms with Gasteiger partial charge in [-0.25, -0.2) is 0 Å². The maximum absolute atomic E-state index is 5.74. The van der Waals surface area contributed by atoms with Gasteiger partial charge in [0.25, 0.3) is 0 Å². The average Bonchev–Trinajstić information content (AvgIpc) is 3.02. The van der Waals surface area contributed by atoms with Crippen molar-refractivity contribution in [1.29, 1.82) is 0 Å². The van der Waals surface area contributed by atoms with Crippen molar-refractivity contribution >= 4 is 0 Å².